The van der Waals surface area contributed by atoms with E-state index >= 15 is 0 Å². The maximum absolute atomic E-state index is 3.43. The third-order valence-corrected chi connectivity index (χ3v) is 2.59. The second kappa shape index (κ2) is 7.59. The Labute approximate surface area is 73.5 Å². The van der Waals surface area contributed by atoms with Gasteiger partial charge >= 0.3 is 0 Å². The Bertz CT molecular complexity index is 61.7. The highest BCUT2D eigenvalue weighted by Gasteiger charge is 1.96. The maximum atomic E-state index is 3.43. The summed E-state index contributed by atoms with van der Waals surface area (Å²) in [6, 6.07) is 0. The second-order valence-electron chi connectivity index (χ2n) is 3.05. The van der Waals surface area contributed by atoms with Gasteiger partial charge in [0.25, 0.3) is 0 Å². The lowest BCUT2D eigenvalue weighted by Crippen LogP contribution is -1.91. The highest BCUT2D eigenvalue weighted by molar-refractivity contribution is 9.09. The summed E-state index contributed by atoms with van der Waals surface area (Å²) in [5.74, 6) is 0.940. The van der Waals surface area contributed by atoms with Crippen LogP contribution in [0.4, 0.5) is 0 Å². The monoisotopic (exact) mass is 206 g/mol. The van der Waals surface area contributed by atoms with Gasteiger partial charge in [-0.1, -0.05) is 55.5 Å². The van der Waals surface area contributed by atoms with E-state index in [0.717, 1.165) is 5.92 Å². The van der Waals surface area contributed by atoms with Crippen LogP contribution in [0.3, 0.4) is 0 Å². The summed E-state index contributed by atoms with van der Waals surface area (Å²) in [7, 11) is 0. The molecule has 0 amide bonds. The standard InChI is InChI=1S/C9H19Br/c1-3-9(2)7-5-4-6-8-10/h9H,3-8H2,1-2H3/t9-/m1/s1. The van der Waals surface area contributed by atoms with Gasteiger partial charge in [-0.05, 0) is 12.3 Å². The minimum Gasteiger partial charge on any atom is -0.0928 e. The highest BCUT2D eigenvalue weighted by Crippen LogP contribution is 2.12. The van der Waals surface area contributed by atoms with Crippen molar-refractivity contribution in [3.8, 4) is 0 Å². The number of halogens is 1. The Morgan fingerprint density at radius 1 is 1.20 bits per heavy atom. The van der Waals surface area contributed by atoms with E-state index in [4.69, 9.17) is 0 Å². The van der Waals surface area contributed by atoms with E-state index < -0.39 is 0 Å². The molecule has 0 saturated carbocycles. The average molecular weight is 207 g/mol. The minimum absolute atomic E-state index is 0.940. The van der Waals surface area contributed by atoms with Crippen LogP contribution in [0.5, 0.6) is 0 Å². The van der Waals surface area contributed by atoms with Crippen molar-refractivity contribution in [2.45, 2.75) is 46.0 Å². The van der Waals surface area contributed by atoms with E-state index in [1.54, 1.807) is 0 Å². The third kappa shape index (κ3) is 6.60. The Morgan fingerprint density at radius 3 is 2.40 bits per heavy atom. The first-order valence-corrected chi connectivity index (χ1v) is 5.49. The summed E-state index contributed by atoms with van der Waals surface area (Å²) < 4.78 is 0. The molecule has 0 nitrogen and oxygen atoms in total. The fourth-order valence-electron chi connectivity index (χ4n) is 0.968. The smallest absolute Gasteiger partial charge is 0.00313 e. The molecule has 0 unspecified atom stereocenters. The third-order valence-electron chi connectivity index (χ3n) is 2.03. The molecule has 0 bridgehead atoms. The number of unbranched alkanes of at least 4 members (excludes halogenated alkanes) is 2. The molecule has 0 N–H and O–H groups in total. The first-order chi connectivity index (χ1) is 4.81. The Hall–Kier alpha value is 0.480. The molecule has 0 aromatic rings. The minimum atomic E-state index is 0.940. The Morgan fingerprint density at radius 2 is 1.90 bits per heavy atom. The predicted molar refractivity (Wildman–Crippen MR) is 51.7 cm³/mol. The summed E-state index contributed by atoms with van der Waals surface area (Å²) in [6.07, 6.45) is 6.92. The SMILES string of the molecule is CC[C@@H](C)CCCCCBr. The van der Waals surface area contributed by atoms with Gasteiger partial charge in [0.05, 0.1) is 0 Å². The van der Waals surface area contributed by atoms with Crippen molar-refractivity contribution in [2.24, 2.45) is 5.92 Å². The lowest BCUT2D eigenvalue weighted by Gasteiger charge is -2.06. The zero-order valence-electron chi connectivity index (χ0n) is 7.20. The Balaban J connectivity index is 2.89. The zero-order chi connectivity index (χ0) is 7.82. The number of rotatable bonds is 6. The molecule has 0 heterocycles. The largest absolute Gasteiger partial charge is 0.0928 e. The lowest BCUT2D eigenvalue weighted by atomic mass is 10.0. The number of hydrogen-bond donors (Lipinski definition) is 0. The van der Waals surface area contributed by atoms with Crippen molar-refractivity contribution in [3.63, 3.8) is 0 Å². The normalized spacial score (nSPS) is 13.5. The molecule has 0 saturated heterocycles. The van der Waals surface area contributed by atoms with Gasteiger partial charge in [-0.3, -0.25) is 0 Å². The average Bonchev–Trinajstić information content (AvgIpc) is 1.98. The van der Waals surface area contributed by atoms with Crippen LogP contribution in [0, 0.1) is 5.92 Å². The summed E-state index contributed by atoms with van der Waals surface area (Å²) in [4.78, 5) is 0. The lowest BCUT2D eigenvalue weighted by molar-refractivity contribution is 0.483. The van der Waals surface area contributed by atoms with E-state index in [1.165, 1.54) is 37.4 Å². The molecular formula is C9H19Br. The van der Waals surface area contributed by atoms with Crippen LogP contribution in [0.1, 0.15) is 46.0 Å². The highest BCUT2D eigenvalue weighted by atomic mass is 79.9. The first kappa shape index (κ1) is 10.5. The van der Waals surface area contributed by atoms with Crippen molar-refractivity contribution >= 4 is 15.9 Å². The predicted octanol–water partition coefficient (Wildman–Crippen LogP) is 3.99. The van der Waals surface area contributed by atoms with Crippen molar-refractivity contribution in [1.82, 2.24) is 0 Å². The van der Waals surface area contributed by atoms with Crippen LogP contribution in [0.25, 0.3) is 0 Å². The van der Waals surface area contributed by atoms with Gasteiger partial charge < -0.3 is 0 Å². The molecule has 0 rings (SSSR count). The summed E-state index contributed by atoms with van der Waals surface area (Å²) in [6.45, 7) is 4.61. The van der Waals surface area contributed by atoms with Crippen LogP contribution >= 0.6 is 15.9 Å². The van der Waals surface area contributed by atoms with Crippen LogP contribution in [0.15, 0.2) is 0 Å². The molecule has 10 heavy (non-hydrogen) atoms. The molecule has 1 atom stereocenters. The molecule has 0 aliphatic carbocycles. The number of alkyl halides is 1. The van der Waals surface area contributed by atoms with Gasteiger partial charge in [0, 0.05) is 5.33 Å². The summed E-state index contributed by atoms with van der Waals surface area (Å²) >= 11 is 3.43. The van der Waals surface area contributed by atoms with E-state index in [2.05, 4.69) is 29.8 Å². The molecule has 0 fully saturated rings. The molecule has 0 radical (unpaired) electrons. The second-order valence-corrected chi connectivity index (χ2v) is 3.84. The van der Waals surface area contributed by atoms with Crippen LogP contribution in [0.2, 0.25) is 0 Å². The quantitative estimate of drug-likeness (QED) is 0.456. The topological polar surface area (TPSA) is 0 Å². The van der Waals surface area contributed by atoms with Crippen LogP contribution in [-0.4, -0.2) is 5.33 Å². The fraction of sp³-hybridized carbons (Fsp3) is 1.00. The van der Waals surface area contributed by atoms with Gasteiger partial charge in [0.2, 0.25) is 0 Å². The molecule has 0 aromatic heterocycles. The molecule has 1 heteroatoms. The van der Waals surface area contributed by atoms with Crippen LogP contribution < -0.4 is 0 Å². The first-order valence-electron chi connectivity index (χ1n) is 4.37. The number of hydrogen-bond acceptors (Lipinski definition) is 0. The maximum Gasteiger partial charge on any atom is 0.00313 e. The molecule has 0 aliphatic rings. The Kier molecular flexibility index (Phi) is 7.95. The van der Waals surface area contributed by atoms with Gasteiger partial charge in [-0.25, -0.2) is 0 Å². The van der Waals surface area contributed by atoms with E-state index in [1.807, 2.05) is 0 Å². The van der Waals surface area contributed by atoms with Crippen molar-refractivity contribution < 1.29 is 0 Å². The van der Waals surface area contributed by atoms with Crippen molar-refractivity contribution in [2.75, 3.05) is 5.33 Å². The van der Waals surface area contributed by atoms with Crippen molar-refractivity contribution in [3.05, 3.63) is 0 Å². The molecule has 0 aromatic carbocycles. The van der Waals surface area contributed by atoms with Crippen LogP contribution in [-0.2, 0) is 0 Å². The van der Waals surface area contributed by atoms with Gasteiger partial charge in [-0.15, -0.1) is 0 Å². The summed E-state index contributed by atoms with van der Waals surface area (Å²) in [5.41, 5.74) is 0. The molecule has 0 spiro atoms. The molecule has 62 valence electrons. The molecule has 0 aliphatic heterocycles. The van der Waals surface area contributed by atoms with E-state index in [0.29, 0.717) is 0 Å². The van der Waals surface area contributed by atoms with Gasteiger partial charge in [0.1, 0.15) is 0 Å². The van der Waals surface area contributed by atoms with E-state index in [-0.39, 0.29) is 0 Å². The zero-order valence-corrected chi connectivity index (χ0v) is 8.78. The summed E-state index contributed by atoms with van der Waals surface area (Å²) in [5, 5.41) is 1.17. The van der Waals surface area contributed by atoms with Crippen molar-refractivity contribution in [1.29, 1.82) is 0 Å². The van der Waals surface area contributed by atoms with Gasteiger partial charge in [-0.2, -0.15) is 0 Å². The van der Waals surface area contributed by atoms with E-state index in [9.17, 15) is 0 Å². The molecular weight excluding hydrogens is 188 g/mol. The fourth-order valence-corrected chi connectivity index (χ4v) is 1.36. The van der Waals surface area contributed by atoms with Gasteiger partial charge in [0.15, 0.2) is 0 Å².